The number of carbonyl (C=O) groups is 5. The van der Waals surface area contributed by atoms with Crippen LogP contribution in [0.25, 0.3) is 10.9 Å². The maximum Gasteiger partial charge on any atom is 0.328 e. The lowest BCUT2D eigenvalue weighted by molar-refractivity contribution is -0.145. The van der Waals surface area contributed by atoms with Crippen molar-refractivity contribution in [3.05, 3.63) is 71.9 Å². The number of amides is 4. The number of benzene rings is 2. The molecule has 0 aliphatic carbocycles. The number of fused-ring (bicyclic) bond motifs is 1. The van der Waals surface area contributed by atoms with E-state index in [0.29, 0.717) is 11.1 Å². The van der Waals surface area contributed by atoms with Gasteiger partial charge in [-0.1, -0.05) is 48.5 Å². The van der Waals surface area contributed by atoms with Crippen molar-refractivity contribution in [2.45, 2.75) is 62.9 Å². The van der Waals surface area contributed by atoms with Gasteiger partial charge in [0.1, 0.15) is 12.1 Å². The summed E-state index contributed by atoms with van der Waals surface area (Å²) in [5.74, 6) is -4.33. The molecule has 5 atom stereocenters. The number of aliphatic hydroxyl groups is 1. The molecule has 0 saturated heterocycles. The van der Waals surface area contributed by atoms with Gasteiger partial charge in [0.2, 0.25) is 23.6 Å². The van der Waals surface area contributed by atoms with Gasteiger partial charge in [-0.2, -0.15) is 0 Å². The van der Waals surface area contributed by atoms with Gasteiger partial charge >= 0.3 is 5.97 Å². The molecule has 13 heteroatoms. The zero-order valence-corrected chi connectivity index (χ0v) is 23.1. The smallest absolute Gasteiger partial charge is 0.328 e. The van der Waals surface area contributed by atoms with E-state index in [1.54, 1.807) is 36.5 Å². The number of carboxylic acids is 1. The molecule has 224 valence electrons. The fourth-order valence-electron chi connectivity index (χ4n) is 4.41. The molecule has 10 N–H and O–H groups in total. The molecule has 0 fully saturated rings. The molecule has 1 heterocycles. The SMILES string of the molecule is CC(O)C(NC(=O)C(Cc1ccccc1)NC(=O)C(Cc1c[nH]c2ccccc12)NC(=O)C(N)CCC(N)=O)C(=O)O. The molecule has 1 aromatic heterocycles. The van der Waals surface area contributed by atoms with Crippen molar-refractivity contribution in [3.63, 3.8) is 0 Å². The van der Waals surface area contributed by atoms with E-state index in [0.717, 1.165) is 10.9 Å². The molecule has 0 aliphatic rings. The van der Waals surface area contributed by atoms with E-state index >= 15 is 0 Å². The number of para-hydroxylation sites is 1. The van der Waals surface area contributed by atoms with Crippen LogP contribution in [0.2, 0.25) is 0 Å². The summed E-state index contributed by atoms with van der Waals surface area (Å²) in [6.45, 7) is 1.22. The molecule has 3 aromatic rings. The summed E-state index contributed by atoms with van der Waals surface area (Å²) in [6.07, 6.45) is 0.165. The molecule has 0 saturated carbocycles. The highest BCUT2D eigenvalue weighted by atomic mass is 16.4. The van der Waals surface area contributed by atoms with E-state index in [1.807, 2.05) is 24.3 Å². The minimum absolute atomic E-state index is 0.00353. The first-order chi connectivity index (χ1) is 20.0. The van der Waals surface area contributed by atoms with Gasteiger partial charge in [-0.25, -0.2) is 4.79 Å². The molecule has 42 heavy (non-hydrogen) atoms. The average molecular weight is 581 g/mol. The lowest BCUT2D eigenvalue weighted by Gasteiger charge is -2.26. The highest BCUT2D eigenvalue weighted by Gasteiger charge is 2.32. The predicted octanol–water partition coefficient (Wildman–Crippen LogP) is -0.534. The number of aromatic nitrogens is 1. The number of rotatable bonds is 15. The molecule has 4 amide bonds. The lowest BCUT2D eigenvalue weighted by atomic mass is 10.0. The van der Waals surface area contributed by atoms with Gasteiger partial charge in [0.05, 0.1) is 12.1 Å². The van der Waals surface area contributed by atoms with E-state index in [4.69, 9.17) is 11.5 Å². The number of aliphatic hydroxyl groups excluding tert-OH is 1. The Bertz CT molecular complexity index is 1410. The van der Waals surface area contributed by atoms with Crippen LogP contribution in [0.3, 0.4) is 0 Å². The van der Waals surface area contributed by atoms with Gasteiger partial charge in [-0.3, -0.25) is 19.2 Å². The first-order valence-corrected chi connectivity index (χ1v) is 13.4. The van der Waals surface area contributed by atoms with Crippen molar-refractivity contribution in [1.82, 2.24) is 20.9 Å². The quantitative estimate of drug-likeness (QED) is 0.116. The predicted molar refractivity (Wildman–Crippen MR) is 154 cm³/mol. The van der Waals surface area contributed by atoms with Crippen LogP contribution in [0.4, 0.5) is 0 Å². The minimum atomic E-state index is -1.61. The van der Waals surface area contributed by atoms with E-state index < -0.39 is 59.9 Å². The van der Waals surface area contributed by atoms with Crippen molar-refractivity contribution >= 4 is 40.5 Å². The summed E-state index contributed by atoms with van der Waals surface area (Å²) < 4.78 is 0. The van der Waals surface area contributed by atoms with Crippen molar-refractivity contribution in [1.29, 1.82) is 0 Å². The third kappa shape index (κ3) is 8.88. The fraction of sp³-hybridized carbons (Fsp3) is 0.345. The summed E-state index contributed by atoms with van der Waals surface area (Å²) in [6, 6.07) is 10.9. The van der Waals surface area contributed by atoms with Crippen molar-refractivity contribution in [2.75, 3.05) is 0 Å². The third-order valence-corrected chi connectivity index (χ3v) is 6.73. The van der Waals surface area contributed by atoms with Crippen LogP contribution in [-0.4, -0.2) is 75.1 Å². The second-order valence-electron chi connectivity index (χ2n) is 10.1. The second kappa shape index (κ2) is 14.8. The molecule has 2 aromatic carbocycles. The molecule has 0 radical (unpaired) electrons. The van der Waals surface area contributed by atoms with E-state index in [-0.39, 0.29) is 25.7 Å². The molecule has 0 bridgehead atoms. The van der Waals surface area contributed by atoms with Crippen molar-refractivity contribution < 1.29 is 34.2 Å². The number of aromatic amines is 1. The third-order valence-electron chi connectivity index (χ3n) is 6.73. The minimum Gasteiger partial charge on any atom is -0.480 e. The second-order valence-corrected chi connectivity index (χ2v) is 10.1. The van der Waals surface area contributed by atoms with E-state index in [2.05, 4.69) is 20.9 Å². The van der Waals surface area contributed by atoms with E-state index in [9.17, 15) is 34.2 Å². The van der Waals surface area contributed by atoms with Crippen LogP contribution in [0, 0.1) is 0 Å². The number of primary amides is 1. The highest BCUT2D eigenvalue weighted by molar-refractivity contribution is 5.95. The summed E-state index contributed by atoms with van der Waals surface area (Å²) >= 11 is 0. The number of nitrogens with two attached hydrogens (primary N) is 2. The summed E-state index contributed by atoms with van der Waals surface area (Å²) in [5, 5.41) is 27.7. The molecular weight excluding hydrogens is 544 g/mol. The Kier molecular flexibility index (Phi) is 11.2. The topological polar surface area (TPSA) is 230 Å². The monoisotopic (exact) mass is 580 g/mol. The Morgan fingerprint density at radius 2 is 1.45 bits per heavy atom. The number of aliphatic carboxylic acids is 1. The summed E-state index contributed by atoms with van der Waals surface area (Å²) in [5.41, 5.74) is 13.3. The lowest BCUT2D eigenvalue weighted by Crippen LogP contribution is -2.59. The zero-order valence-electron chi connectivity index (χ0n) is 23.1. The molecule has 0 spiro atoms. The van der Waals surface area contributed by atoms with Crippen LogP contribution < -0.4 is 27.4 Å². The van der Waals surface area contributed by atoms with Gasteiger partial charge in [-0.15, -0.1) is 0 Å². The standard InChI is InChI=1S/C29H36N6O7/c1-16(36)25(29(41)42)35-28(40)22(13-17-7-3-2-4-8-17)34-27(39)23(33-26(38)20(30)11-12-24(31)37)14-18-15-32-21-10-6-5-9-19(18)21/h2-10,15-16,20,22-23,25,32,36H,11-14,30H2,1H3,(H2,31,37)(H,33,38)(H,34,39)(H,35,40)(H,41,42). The Morgan fingerprint density at radius 3 is 2.10 bits per heavy atom. The van der Waals surface area contributed by atoms with Crippen LogP contribution in [-0.2, 0) is 36.8 Å². The summed E-state index contributed by atoms with van der Waals surface area (Å²) in [7, 11) is 0. The molecule has 0 aliphatic heterocycles. The largest absolute Gasteiger partial charge is 0.480 e. The van der Waals surface area contributed by atoms with Gasteiger partial charge < -0.3 is 42.6 Å². The zero-order chi connectivity index (χ0) is 30.8. The fourth-order valence-corrected chi connectivity index (χ4v) is 4.41. The first kappa shape index (κ1) is 31.8. The molecule has 13 nitrogen and oxygen atoms in total. The first-order valence-electron chi connectivity index (χ1n) is 13.4. The van der Waals surface area contributed by atoms with E-state index in [1.165, 1.54) is 6.92 Å². The molecular formula is C29H36N6O7. The maximum atomic E-state index is 13.7. The highest BCUT2D eigenvalue weighted by Crippen LogP contribution is 2.19. The number of H-pyrrole nitrogens is 1. The Labute approximate surface area is 242 Å². The maximum absolute atomic E-state index is 13.7. The summed E-state index contributed by atoms with van der Waals surface area (Å²) in [4.78, 5) is 65.7. The van der Waals surface area contributed by atoms with Gasteiger partial charge in [0, 0.05) is 36.4 Å². The number of hydrogen-bond acceptors (Lipinski definition) is 7. The Morgan fingerprint density at radius 1 is 0.857 bits per heavy atom. The molecule has 5 unspecified atom stereocenters. The number of carboxylic acid groups (broad SMARTS) is 1. The Balaban J connectivity index is 1.88. The number of carbonyl (C=O) groups excluding carboxylic acids is 4. The van der Waals surface area contributed by atoms with Gasteiger partial charge in [0.15, 0.2) is 6.04 Å². The number of hydrogen-bond donors (Lipinski definition) is 8. The van der Waals surface area contributed by atoms with Crippen LogP contribution in [0.5, 0.6) is 0 Å². The van der Waals surface area contributed by atoms with Crippen LogP contribution in [0.1, 0.15) is 30.9 Å². The molecule has 3 rings (SSSR count). The van der Waals surface area contributed by atoms with Crippen LogP contribution in [0.15, 0.2) is 60.8 Å². The van der Waals surface area contributed by atoms with Gasteiger partial charge in [-0.05, 0) is 30.5 Å². The normalized spacial score (nSPS) is 14.6. The average Bonchev–Trinajstić information content (AvgIpc) is 3.36. The Hall–Kier alpha value is -4.75. The van der Waals surface area contributed by atoms with Crippen molar-refractivity contribution in [3.8, 4) is 0 Å². The number of nitrogens with one attached hydrogen (secondary N) is 4. The van der Waals surface area contributed by atoms with Crippen LogP contribution >= 0.6 is 0 Å². The van der Waals surface area contributed by atoms with Crippen molar-refractivity contribution in [2.24, 2.45) is 11.5 Å². The van der Waals surface area contributed by atoms with Gasteiger partial charge in [0.25, 0.3) is 0 Å².